The van der Waals surface area contributed by atoms with Gasteiger partial charge < -0.3 is 5.32 Å². The van der Waals surface area contributed by atoms with Crippen molar-refractivity contribution >= 4 is 21.6 Å². The number of halogens is 2. The Kier molecular flexibility index (Phi) is 3.31. The number of fused-ring (bicyclic) bond motifs is 1. The molecule has 1 N–H and O–H groups in total. The van der Waals surface area contributed by atoms with Crippen LogP contribution in [0.15, 0.2) is 40.9 Å². The Morgan fingerprint density at radius 2 is 2.11 bits per heavy atom. The second-order valence-corrected chi connectivity index (χ2v) is 5.88. The fraction of sp³-hybridized carbons (Fsp3) is 0.250. The number of hydrogen-bond acceptors (Lipinski definition) is 1. The summed E-state index contributed by atoms with van der Waals surface area (Å²) in [6, 6.07) is 11.8. The summed E-state index contributed by atoms with van der Waals surface area (Å²) in [6.07, 6.45) is 1.75. The Bertz CT molecular complexity index is 624. The average molecular weight is 320 g/mol. The van der Waals surface area contributed by atoms with Gasteiger partial charge in [0.2, 0.25) is 0 Å². The first-order valence-corrected chi connectivity index (χ1v) is 7.24. The highest BCUT2D eigenvalue weighted by Crippen LogP contribution is 2.36. The molecule has 0 aromatic heterocycles. The van der Waals surface area contributed by atoms with Crippen LogP contribution in [-0.4, -0.2) is 0 Å². The summed E-state index contributed by atoms with van der Waals surface area (Å²) in [5.41, 5.74) is 4.23. The number of benzene rings is 2. The molecule has 0 fully saturated rings. The van der Waals surface area contributed by atoms with Gasteiger partial charge in [0.15, 0.2) is 0 Å². The predicted molar refractivity (Wildman–Crippen MR) is 80.0 cm³/mol. The van der Waals surface area contributed by atoms with Gasteiger partial charge in [-0.3, -0.25) is 0 Å². The van der Waals surface area contributed by atoms with Crippen LogP contribution in [0.4, 0.5) is 10.1 Å². The maximum Gasteiger partial charge on any atom is 0.126 e. The second-order valence-electron chi connectivity index (χ2n) is 5.03. The second kappa shape index (κ2) is 4.97. The van der Waals surface area contributed by atoms with E-state index in [1.807, 2.05) is 6.07 Å². The summed E-state index contributed by atoms with van der Waals surface area (Å²) in [5, 5.41) is 3.51. The Hall–Kier alpha value is -1.35. The van der Waals surface area contributed by atoms with Gasteiger partial charge in [-0.1, -0.05) is 18.2 Å². The lowest BCUT2D eigenvalue weighted by Gasteiger charge is -2.17. The van der Waals surface area contributed by atoms with E-state index >= 15 is 0 Å². The van der Waals surface area contributed by atoms with E-state index in [9.17, 15) is 4.39 Å². The molecule has 2 aromatic rings. The van der Waals surface area contributed by atoms with E-state index in [-0.39, 0.29) is 11.9 Å². The van der Waals surface area contributed by atoms with Gasteiger partial charge in [-0.15, -0.1) is 0 Å². The third kappa shape index (κ3) is 2.39. The number of nitrogens with one attached hydrogen (secondary N) is 1. The molecule has 0 aliphatic heterocycles. The minimum Gasteiger partial charge on any atom is -0.377 e. The molecule has 3 rings (SSSR count). The Labute approximate surface area is 121 Å². The first-order valence-electron chi connectivity index (χ1n) is 6.45. The first kappa shape index (κ1) is 12.7. The summed E-state index contributed by atoms with van der Waals surface area (Å²) in [5.74, 6) is -0.0789. The zero-order chi connectivity index (χ0) is 13.4. The van der Waals surface area contributed by atoms with Crippen molar-refractivity contribution in [3.8, 4) is 0 Å². The topological polar surface area (TPSA) is 12.0 Å². The Balaban J connectivity index is 1.89. The first-order chi connectivity index (χ1) is 9.15. The smallest absolute Gasteiger partial charge is 0.126 e. The highest BCUT2D eigenvalue weighted by atomic mass is 79.9. The van der Waals surface area contributed by atoms with Crippen molar-refractivity contribution in [2.24, 2.45) is 0 Å². The van der Waals surface area contributed by atoms with Crippen LogP contribution in [0.1, 0.15) is 29.2 Å². The standard InChI is InChI=1S/C16H15BrFN/c1-10-5-7-16(13(17)9-10)19-15-8-6-11-12(15)3-2-4-14(11)18/h2-5,7,9,15,19H,6,8H2,1H3. The lowest BCUT2D eigenvalue weighted by Crippen LogP contribution is -2.07. The van der Waals surface area contributed by atoms with Crippen LogP contribution >= 0.6 is 15.9 Å². The van der Waals surface area contributed by atoms with Crippen molar-refractivity contribution in [2.75, 3.05) is 5.32 Å². The van der Waals surface area contributed by atoms with Crippen molar-refractivity contribution in [1.29, 1.82) is 0 Å². The molecule has 0 heterocycles. The van der Waals surface area contributed by atoms with Gasteiger partial charge in [-0.25, -0.2) is 4.39 Å². The van der Waals surface area contributed by atoms with Crippen LogP contribution in [0.25, 0.3) is 0 Å². The van der Waals surface area contributed by atoms with Crippen molar-refractivity contribution in [2.45, 2.75) is 25.8 Å². The van der Waals surface area contributed by atoms with Crippen LogP contribution in [0.5, 0.6) is 0 Å². The molecule has 1 aliphatic carbocycles. The van der Waals surface area contributed by atoms with Crippen LogP contribution in [0.2, 0.25) is 0 Å². The van der Waals surface area contributed by atoms with Crippen molar-refractivity contribution < 1.29 is 4.39 Å². The SMILES string of the molecule is Cc1ccc(NC2CCc3c(F)cccc32)c(Br)c1. The highest BCUT2D eigenvalue weighted by molar-refractivity contribution is 9.10. The third-order valence-electron chi connectivity index (χ3n) is 3.67. The van der Waals surface area contributed by atoms with Crippen molar-refractivity contribution in [1.82, 2.24) is 0 Å². The van der Waals surface area contributed by atoms with Gasteiger partial charge in [0.1, 0.15) is 5.82 Å². The van der Waals surface area contributed by atoms with E-state index in [0.717, 1.165) is 34.1 Å². The zero-order valence-corrected chi connectivity index (χ0v) is 12.3. The van der Waals surface area contributed by atoms with Gasteiger partial charge in [-0.2, -0.15) is 0 Å². The molecule has 2 aromatic carbocycles. The maximum atomic E-state index is 13.7. The molecule has 1 atom stereocenters. The molecule has 1 nitrogen and oxygen atoms in total. The van der Waals surface area contributed by atoms with Gasteiger partial charge >= 0.3 is 0 Å². The largest absolute Gasteiger partial charge is 0.377 e. The van der Waals surface area contributed by atoms with E-state index in [4.69, 9.17) is 0 Å². The number of aryl methyl sites for hydroxylation is 1. The van der Waals surface area contributed by atoms with Gasteiger partial charge in [0.05, 0.1) is 6.04 Å². The number of hydrogen-bond donors (Lipinski definition) is 1. The van der Waals surface area contributed by atoms with Gasteiger partial charge in [0, 0.05) is 10.2 Å². The molecule has 1 unspecified atom stereocenters. The molecule has 0 saturated heterocycles. The number of rotatable bonds is 2. The molecule has 3 heteroatoms. The fourth-order valence-electron chi connectivity index (χ4n) is 2.68. The molecule has 1 aliphatic rings. The quantitative estimate of drug-likeness (QED) is 0.821. The minimum absolute atomic E-state index is 0.0789. The lowest BCUT2D eigenvalue weighted by molar-refractivity contribution is 0.612. The summed E-state index contributed by atoms with van der Waals surface area (Å²) >= 11 is 3.57. The van der Waals surface area contributed by atoms with E-state index < -0.39 is 0 Å². The summed E-state index contributed by atoms with van der Waals surface area (Å²) in [4.78, 5) is 0. The third-order valence-corrected chi connectivity index (χ3v) is 4.32. The molecule has 0 bridgehead atoms. The molecule has 0 amide bonds. The van der Waals surface area contributed by atoms with E-state index in [1.165, 1.54) is 5.56 Å². The van der Waals surface area contributed by atoms with Crippen molar-refractivity contribution in [3.05, 3.63) is 63.4 Å². The molecular formula is C16H15BrFN. The molecule has 0 radical (unpaired) electrons. The molecule has 0 saturated carbocycles. The number of anilines is 1. The Morgan fingerprint density at radius 3 is 2.89 bits per heavy atom. The monoisotopic (exact) mass is 319 g/mol. The predicted octanol–water partition coefficient (Wildman–Crippen LogP) is 5.00. The molecule has 0 spiro atoms. The highest BCUT2D eigenvalue weighted by Gasteiger charge is 2.24. The van der Waals surface area contributed by atoms with E-state index in [1.54, 1.807) is 12.1 Å². The normalized spacial score (nSPS) is 17.3. The lowest BCUT2D eigenvalue weighted by atomic mass is 10.1. The van der Waals surface area contributed by atoms with Crippen LogP contribution in [-0.2, 0) is 6.42 Å². The zero-order valence-electron chi connectivity index (χ0n) is 10.7. The molecule has 98 valence electrons. The Morgan fingerprint density at radius 1 is 1.26 bits per heavy atom. The minimum atomic E-state index is -0.0789. The summed E-state index contributed by atoms with van der Waals surface area (Å²) in [6.45, 7) is 2.06. The van der Waals surface area contributed by atoms with Crippen molar-refractivity contribution in [3.63, 3.8) is 0 Å². The maximum absolute atomic E-state index is 13.7. The fourth-order valence-corrected chi connectivity index (χ4v) is 3.29. The van der Waals surface area contributed by atoms with Crippen LogP contribution in [0, 0.1) is 12.7 Å². The summed E-state index contributed by atoms with van der Waals surface area (Å²) in [7, 11) is 0. The van der Waals surface area contributed by atoms with E-state index in [0.29, 0.717) is 0 Å². The van der Waals surface area contributed by atoms with Gasteiger partial charge in [-0.05, 0) is 70.6 Å². The van der Waals surface area contributed by atoms with E-state index in [2.05, 4.69) is 46.4 Å². The molecular weight excluding hydrogens is 305 g/mol. The summed E-state index contributed by atoms with van der Waals surface area (Å²) < 4.78 is 14.8. The average Bonchev–Trinajstić information content (AvgIpc) is 2.78. The van der Waals surface area contributed by atoms with Crippen LogP contribution in [0.3, 0.4) is 0 Å². The van der Waals surface area contributed by atoms with Gasteiger partial charge in [0.25, 0.3) is 0 Å². The molecule has 19 heavy (non-hydrogen) atoms. The van der Waals surface area contributed by atoms with Crippen LogP contribution < -0.4 is 5.32 Å².